The van der Waals surface area contributed by atoms with Crippen LogP contribution in [-0.2, 0) is 4.65 Å². The van der Waals surface area contributed by atoms with Crippen molar-refractivity contribution in [3.63, 3.8) is 0 Å². The first-order valence-electron chi connectivity index (χ1n) is 7.88. The van der Waals surface area contributed by atoms with Crippen molar-refractivity contribution in [2.45, 2.75) is 71.5 Å². The fourth-order valence-corrected chi connectivity index (χ4v) is 4.29. The Kier molecular flexibility index (Phi) is 5.83. The van der Waals surface area contributed by atoms with E-state index in [0.717, 1.165) is 12.8 Å². The molecule has 3 aliphatic rings. The Labute approximate surface area is 135 Å². The average Bonchev–Trinajstić information content (AvgIpc) is 2.31. The summed E-state index contributed by atoms with van der Waals surface area (Å²) in [5.41, 5.74) is 5.50. The molecule has 21 heavy (non-hydrogen) atoms. The zero-order chi connectivity index (χ0) is 15.3. The molecule has 3 fully saturated rings. The van der Waals surface area contributed by atoms with Crippen LogP contribution in [0.25, 0.3) is 0 Å². The molecule has 0 aliphatic heterocycles. The molecule has 4 N–H and O–H groups in total. The molecule has 0 spiro atoms. The minimum Gasteiger partial charge on any atom is -0.426 e. The molecule has 4 nitrogen and oxygen atoms in total. The van der Waals surface area contributed by atoms with Crippen LogP contribution in [0, 0.1) is 23.2 Å². The summed E-state index contributed by atoms with van der Waals surface area (Å²) in [6.07, 6.45) is 2.03. The van der Waals surface area contributed by atoms with E-state index in [9.17, 15) is 10.1 Å². The van der Waals surface area contributed by atoms with Crippen LogP contribution in [0.3, 0.4) is 0 Å². The number of aliphatic hydroxyl groups excluding tert-OH is 1. The van der Waals surface area contributed by atoms with Gasteiger partial charge in [-0.2, -0.15) is 0 Å². The zero-order valence-electron chi connectivity index (χ0n) is 13.9. The van der Waals surface area contributed by atoms with Crippen LogP contribution < -0.4 is 5.73 Å². The molecule has 0 radical (unpaired) electrons. The summed E-state index contributed by atoms with van der Waals surface area (Å²) >= 11 is 0. The van der Waals surface area contributed by atoms with Gasteiger partial charge in [0, 0.05) is 5.94 Å². The normalized spacial score (nSPS) is 38.4. The molecule has 2 bridgehead atoms. The molecule has 5 atom stereocenters. The fourth-order valence-electron chi connectivity index (χ4n) is 4.29. The highest BCUT2D eigenvalue weighted by atomic mass is 35.5. The largest absolute Gasteiger partial charge is 0.472 e. The summed E-state index contributed by atoms with van der Waals surface area (Å²) in [6, 6.07) is 0. The Bertz CT molecular complexity index is 369. The van der Waals surface area contributed by atoms with Crippen LogP contribution in [0.2, 0.25) is 0 Å². The third-order valence-corrected chi connectivity index (χ3v) is 5.82. The summed E-state index contributed by atoms with van der Waals surface area (Å²) < 4.78 is 5.92. The number of nitrogens with two attached hydrogens (primary N) is 1. The van der Waals surface area contributed by atoms with Crippen molar-refractivity contribution in [1.29, 1.82) is 0 Å². The Morgan fingerprint density at radius 1 is 1.29 bits per heavy atom. The van der Waals surface area contributed by atoms with Crippen molar-refractivity contribution >= 4 is 19.5 Å². The van der Waals surface area contributed by atoms with Gasteiger partial charge < -0.3 is 20.5 Å². The maximum Gasteiger partial charge on any atom is 0.472 e. The van der Waals surface area contributed by atoms with E-state index in [2.05, 4.69) is 27.7 Å². The molecule has 0 saturated heterocycles. The second-order valence-electron chi connectivity index (χ2n) is 8.04. The molecule has 0 unspecified atom stereocenters. The second-order valence-corrected chi connectivity index (χ2v) is 8.04. The molecular formula is C15H31BClNO3. The molecule has 0 aromatic carbocycles. The number of hydrogen-bond donors (Lipinski definition) is 3. The van der Waals surface area contributed by atoms with E-state index in [1.54, 1.807) is 0 Å². The van der Waals surface area contributed by atoms with Gasteiger partial charge in [0.2, 0.25) is 0 Å². The molecule has 6 heteroatoms. The van der Waals surface area contributed by atoms with Gasteiger partial charge in [-0.3, -0.25) is 0 Å². The predicted octanol–water partition coefficient (Wildman–Crippen LogP) is 2.00. The van der Waals surface area contributed by atoms with Gasteiger partial charge in [0.25, 0.3) is 0 Å². The van der Waals surface area contributed by atoms with E-state index in [-0.39, 0.29) is 23.7 Å². The second kappa shape index (κ2) is 6.36. The monoisotopic (exact) mass is 319 g/mol. The van der Waals surface area contributed by atoms with E-state index in [0.29, 0.717) is 18.3 Å². The van der Waals surface area contributed by atoms with Gasteiger partial charge >= 0.3 is 7.12 Å². The SMILES string of the molecule is CC(C)C[C@H](N)B(O)O[C@]1(C)[C@H](O)C[C@@H]2C[C@H]1C2(C)C.Cl. The average molecular weight is 320 g/mol. The van der Waals surface area contributed by atoms with Crippen molar-refractivity contribution in [3.8, 4) is 0 Å². The van der Waals surface area contributed by atoms with E-state index >= 15 is 0 Å². The summed E-state index contributed by atoms with van der Waals surface area (Å²) in [5.74, 6) is 0.863. The van der Waals surface area contributed by atoms with Gasteiger partial charge in [-0.15, -0.1) is 12.4 Å². The van der Waals surface area contributed by atoms with Gasteiger partial charge in [0.1, 0.15) is 0 Å². The van der Waals surface area contributed by atoms with Gasteiger partial charge in [-0.25, -0.2) is 0 Å². The van der Waals surface area contributed by atoms with Crippen LogP contribution in [0.1, 0.15) is 53.9 Å². The van der Waals surface area contributed by atoms with Crippen LogP contribution >= 0.6 is 12.4 Å². The van der Waals surface area contributed by atoms with Gasteiger partial charge in [-0.1, -0.05) is 27.7 Å². The highest BCUT2D eigenvalue weighted by Gasteiger charge is 2.64. The van der Waals surface area contributed by atoms with Crippen LogP contribution in [0.4, 0.5) is 0 Å². The van der Waals surface area contributed by atoms with Crippen molar-refractivity contribution in [3.05, 3.63) is 0 Å². The maximum atomic E-state index is 10.4. The third-order valence-electron chi connectivity index (χ3n) is 5.82. The first-order valence-corrected chi connectivity index (χ1v) is 7.88. The first-order chi connectivity index (χ1) is 9.09. The zero-order valence-corrected chi connectivity index (χ0v) is 14.7. The Balaban J connectivity index is 0.00000220. The van der Waals surface area contributed by atoms with Crippen molar-refractivity contribution < 1.29 is 14.8 Å². The number of hydrogen-bond acceptors (Lipinski definition) is 4. The number of aliphatic hydroxyl groups is 1. The predicted molar refractivity (Wildman–Crippen MR) is 88.1 cm³/mol. The molecule has 3 aliphatic carbocycles. The smallest absolute Gasteiger partial charge is 0.426 e. The highest BCUT2D eigenvalue weighted by Crippen LogP contribution is 2.63. The molecular weight excluding hydrogens is 288 g/mol. The van der Waals surface area contributed by atoms with Crippen molar-refractivity contribution in [2.75, 3.05) is 0 Å². The molecule has 0 aromatic rings. The van der Waals surface area contributed by atoms with Gasteiger partial charge in [0.15, 0.2) is 0 Å². The lowest BCUT2D eigenvalue weighted by atomic mass is 9.43. The Morgan fingerprint density at radius 2 is 1.86 bits per heavy atom. The molecule has 0 aromatic heterocycles. The number of halogens is 1. The lowest BCUT2D eigenvalue weighted by Gasteiger charge is -2.66. The molecule has 0 amide bonds. The molecule has 0 heterocycles. The van der Waals surface area contributed by atoms with E-state index < -0.39 is 24.8 Å². The van der Waals surface area contributed by atoms with Gasteiger partial charge in [0.05, 0.1) is 11.7 Å². The third kappa shape index (κ3) is 3.27. The van der Waals surface area contributed by atoms with E-state index in [4.69, 9.17) is 10.4 Å². The first kappa shape index (κ1) is 19.2. The molecule has 124 valence electrons. The van der Waals surface area contributed by atoms with Crippen molar-refractivity contribution in [1.82, 2.24) is 0 Å². The summed E-state index contributed by atoms with van der Waals surface area (Å²) in [5, 5.41) is 20.6. The Hall–Kier alpha value is 0.195. The summed E-state index contributed by atoms with van der Waals surface area (Å²) in [4.78, 5) is 0. The fraction of sp³-hybridized carbons (Fsp3) is 1.00. The van der Waals surface area contributed by atoms with E-state index in [1.165, 1.54) is 0 Å². The minimum absolute atomic E-state index is 0. The quantitative estimate of drug-likeness (QED) is 0.678. The Morgan fingerprint density at radius 3 is 2.33 bits per heavy atom. The maximum absolute atomic E-state index is 10.4. The lowest BCUT2D eigenvalue weighted by molar-refractivity contribution is -0.239. The standard InChI is InChI=1S/C15H30BNO3.ClH/c1-9(2)6-13(17)16(19)20-15(5)11-7-10(8-12(15)18)14(11,3)4;/h9-13,18-19H,6-8,17H2,1-5H3;1H/t10-,11-,12+,13-,15-;/m0./s1. The van der Waals surface area contributed by atoms with Crippen LogP contribution in [0.5, 0.6) is 0 Å². The van der Waals surface area contributed by atoms with Crippen LogP contribution in [-0.4, -0.2) is 34.9 Å². The number of fused-ring (bicyclic) bond motifs is 2. The van der Waals surface area contributed by atoms with Crippen molar-refractivity contribution in [2.24, 2.45) is 28.9 Å². The minimum atomic E-state index is -1.01. The topological polar surface area (TPSA) is 75.7 Å². The number of rotatable bonds is 5. The highest BCUT2D eigenvalue weighted by molar-refractivity contribution is 6.45. The molecule has 3 rings (SSSR count). The lowest BCUT2D eigenvalue weighted by Crippen LogP contribution is -2.69. The summed E-state index contributed by atoms with van der Waals surface area (Å²) in [7, 11) is -1.01. The van der Waals surface area contributed by atoms with Crippen LogP contribution in [0.15, 0.2) is 0 Å². The van der Waals surface area contributed by atoms with E-state index in [1.807, 2.05) is 6.92 Å². The molecule has 3 saturated carbocycles. The summed E-state index contributed by atoms with van der Waals surface area (Å²) in [6.45, 7) is 10.6. The van der Waals surface area contributed by atoms with Gasteiger partial charge in [-0.05, 0) is 49.4 Å².